The minimum Gasteiger partial charge on any atom is -0.496 e. The van der Waals surface area contributed by atoms with E-state index in [-0.39, 0.29) is 5.84 Å². The van der Waals surface area contributed by atoms with E-state index in [1.54, 1.807) is 25.7 Å². The van der Waals surface area contributed by atoms with Gasteiger partial charge < -0.3 is 15.0 Å². The van der Waals surface area contributed by atoms with Gasteiger partial charge in [0.05, 0.1) is 20.0 Å². The van der Waals surface area contributed by atoms with Crippen LogP contribution in [-0.4, -0.2) is 22.5 Å². The van der Waals surface area contributed by atoms with Crippen LogP contribution in [0.1, 0.15) is 11.1 Å². The zero-order chi connectivity index (χ0) is 12.3. The fourth-order valence-corrected chi connectivity index (χ4v) is 1.65. The number of hydrogen-bond donors (Lipinski definition) is 2. The number of aromatic nitrogens is 2. The number of ether oxygens (including phenoxy) is 1. The number of nitrogens with zero attached hydrogens (tertiary/aromatic N) is 2. The van der Waals surface area contributed by atoms with Crippen molar-refractivity contribution in [3.63, 3.8) is 0 Å². The van der Waals surface area contributed by atoms with Crippen LogP contribution in [0.4, 0.5) is 0 Å². The van der Waals surface area contributed by atoms with Gasteiger partial charge >= 0.3 is 0 Å². The summed E-state index contributed by atoms with van der Waals surface area (Å²) < 4.78 is 7.22. The summed E-state index contributed by atoms with van der Waals surface area (Å²) in [7, 11) is 1.63. The van der Waals surface area contributed by atoms with Crippen molar-refractivity contribution in [2.45, 2.75) is 6.54 Å². The minimum atomic E-state index is 0.0551. The van der Waals surface area contributed by atoms with Gasteiger partial charge in [-0.3, -0.25) is 5.41 Å². The maximum absolute atomic E-state index is 7.43. The summed E-state index contributed by atoms with van der Waals surface area (Å²) in [6, 6.07) is 5.46. The lowest BCUT2D eigenvalue weighted by molar-refractivity contribution is 0.408. The molecule has 2 rings (SSSR count). The van der Waals surface area contributed by atoms with Crippen molar-refractivity contribution in [3.05, 3.63) is 48.0 Å². The Morgan fingerprint density at radius 3 is 2.94 bits per heavy atom. The van der Waals surface area contributed by atoms with Crippen LogP contribution in [0.3, 0.4) is 0 Å². The van der Waals surface area contributed by atoms with E-state index in [1.807, 2.05) is 22.9 Å². The Kier molecular flexibility index (Phi) is 3.09. The minimum absolute atomic E-state index is 0.0551. The molecule has 5 heteroatoms. The summed E-state index contributed by atoms with van der Waals surface area (Å²) in [5.74, 6) is 0.836. The van der Waals surface area contributed by atoms with Gasteiger partial charge in [-0.05, 0) is 18.2 Å². The van der Waals surface area contributed by atoms with Gasteiger partial charge in [0.15, 0.2) is 0 Å². The molecule has 1 aromatic carbocycles. The molecular weight excluding hydrogens is 216 g/mol. The van der Waals surface area contributed by atoms with Gasteiger partial charge in [-0.1, -0.05) is 0 Å². The molecule has 1 heterocycles. The van der Waals surface area contributed by atoms with E-state index in [0.29, 0.717) is 12.1 Å². The Morgan fingerprint density at radius 2 is 2.35 bits per heavy atom. The Balaban J connectivity index is 2.35. The Morgan fingerprint density at radius 1 is 1.53 bits per heavy atom. The first-order valence-corrected chi connectivity index (χ1v) is 5.17. The van der Waals surface area contributed by atoms with Crippen LogP contribution in [0, 0.1) is 5.41 Å². The third-order valence-electron chi connectivity index (χ3n) is 2.50. The second-order valence-electron chi connectivity index (χ2n) is 3.68. The normalized spacial score (nSPS) is 10.2. The quantitative estimate of drug-likeness (QED) is 0.612. The van der Waals surface area contributed by atoms with E-state index in [1.165, 1.54) is 0 Å². The van der Waals surface area contributed by atoms with Crippen molar-refractivity contribution in [3.8, 4) is 5.75 Å². The molecule has 0 atom stereocenters. The zero-order valence-electron chi connectivity index (χ0n) is 9.55. The molecule has 1 aromatic heterocycles. The van der Waals surface area contributed by atoms with Gasteiger partial charge in [0, 0.05) is 23.5 Å². The van der Waals surface area contributed by atoms with E-state index in [2.05, 4.69) is 4.98 Å². The first-order chi connectivity index (χ1) is 8.20. The van der Waals surface area contributed by atoms with Gasteiger partial charge in [-0.2, -0.15) is 0 Å². The van der Waals surface area contributed by atoms with Gasteiger partial charge in [0.1, 0.15) is 11.6 Å². The number of benzene rings is 1. The van der Waals surface area contributed by atoms with Crippen LogP contribution in [0.15, 0.2) is 36.9 Å². The highest BCUT2D eigenvalue weighted by molar-refractivity contribution is 5.95. The smallest absolute Gasteiger partial charge is 0.123 e. The second kappa shape index (κ2) is 4.69. The highest BCUT2D eigenvalue weighted by Crippen LogP contribution is 2.20. The molecule has 3 N–H and O–H groups in total. The fourth-order valence-electron chi connectivity index (χ4n) is 1.65. The predicted molar refractivity (Wildman–Crippen MR) is 65.3 cm³/mol. The number of nitrogens with one attached hydrogen (secondary N) is 1. The molecule has 0 aliphatic rings. The van der Waals surface area contributed by atoms with Crippen LogP contribution >= 0.6 is 0 Å². The van der Waals surface area contributed by atoms with Gasteiger partial charge in [0.25, 0.3) is 0 Å². The first-order valence-electron chi connectivity index (χ1n) is 5.17. The molecule has 0 amide bonds. The molecule has 0 aliphatic heterocycles. The Hall–Kier alpha value is -2.30. The topological polar surface area (TPSA) is 76.9 Å². The summed E-state index contributed by atoms with van der Waals surface area (Å²) in [5, 5.41) is 7.43. The maximum Gasteiger partial charge on any atom is 0.123 e. The number of hydrogen-bond acceptors (Lipinski definition) is 3. The predicted octanol–water partition coefficient (Wildman–Crippen LogP) is 1.22. The van der Waals surface area contributed by atoms with Crippen LogP contribution in [0.25, 0.3) is 0 Å². The average molecular weight is 230 g/mol. The number of nitrogens with two attached hydrogens (primary N) is 1. The fraction of sp³-hybridized carbons (Fsp3) is 0.167. The SMILES string of the molecule is COc1ccc(C(=N)N)cc1Cn1ccnc1. The molecule has 0 saturated carbocycles. The van der Waals surface area contributed by atoms with Crippen LogP contribution < -0.4 is 10.5 Å². The number of nitrogen functional groups attached to an aromatic ring is 1. The summed E-state index contributed by atoms with van der Waals surface area (Å²) in [6.07, 6.45) is 5.33. The first kappa shape index (κ1) is 11.2. The molecule has 2 aromatic rings. The summed E-state index contributed by atoms with van der Waals surface area (Å²) in [4.78, 5) is 3.99. The van der Waals surface area contributed by atoms with Crippen molar-refractivity contribution < 1.29 is 4.74 Å². The van der Waals surface area contributed by atoms with Gasteiger partial charge in [-0.15, -0.1) is 0 Å². The van der Waals surface area contributed by atoms with Crippen molar-refractivity contribution in [2.24, 2.45) is 5.73 Å². The highest BCUT2D eigenvalue weighted by atomic mass is 16.5. The highest BCUT2D eigenvalue weighted by Gasteiger charge is 2.06. The van der Waals surface area contributed by atoms with Gasteiger partial charge in [-0.25, -0.2) is 4.98 Å². The molecule has 0 fully saturated rings. The number of imidazole rings is 1. The maximum atomic E-state index is 7.43. The molecule has 0 aliphatic carbocycles. The van der Waals surface area contributed by atoms with Crippen LogP contribution in [-0.2, 0) is 6.54 Å². The monoisotopic (exact) mass is 230 g/mol. The van der Waals surface area contributed by atoms with Crippen molar-refractivity contribution in [1.29, 1.82) is 5.41 Å². The summed E-state index contributed by atoms with van der Waals surface area (Å²) in [5.41, 5.74) is 7.14. The van der Waals surface area contributed by atoms with E-state index in [4.69, 9.17) is 15.9 Å². The van der Waals surface area contributed by atoms with E-state index < -0.39 is 0 Å². The Bertz CT molecular complexity index is 519. The largest absolute Gasteiger partial charge is 0.496 e. The van der Waals surface area contributed by atoms with Crippen molar-refractivity contribution in [2.75, 3.05) is 7.11 Å². The van der Waals surface area contributed by atoms with E-state index in [9.17, 15) is 0 Å². The lowest BCUT2D eigenvalue weighted by Crippen LogP contribution is -2.12. The van der Waals surface area contributed by atoms with Crippen LogP contribution in [0.5, 0.6) is 5.75 Å². The lowest BCUT2D eigenvalue weighted by Gasteiger charge is -2.10. The summed E-state index contributed by atoms with van der Waals surface area (Å²) in [6.45, 7) is 0.643. The molecule has 5 nitrogen and oxygen atoms in total. The lowest BCUT2D eigenvalue weighted by atomic mass is 10.1. The average Bonchev–Trinajstić information content (AvgIpc) is 2.81. The number of amidine groups is 1. The molecule has 0 spiro atoms. The van der Waals surface area contributed by atoms with Crippen LogP contribution in [0.2, 0.25) is 0 Å². The molecule has 0 bridgehead atoms. The van der Waals surface area contributed by atoms with Crippen molar-refractivity contribution in [1.82, 2.24) is 9.55 Å². The molecular formula is C12H14N4O. The van der Waals surface area contributed by atoms with E-state index >= 15 is 0 Å². The molecule has 17 heavy (non-hydrogen) atoms. The van der Waals surface area contributed by atoms with Gasteiger partial charge in [0.2, 0.25) is 0 Å². The molecule has 0 unspecified atom stereocenters. The molecule has 88 valence electrons. The third kappa shape index (κ3) is 2.44. The second-order valence-corrected chi connectivity index (χ2v) is 3.68. The summed E-state index contributed by atoms with van der Waals surface area (Å²) >= 11 is 0. The molecule has 0 radical (unpaired) electrons. The molecule has 0 saturated heterocycles. The van der Waals surface area contributed by atoms with E-state index in [0.717, 1.165) is 11.3 Å². The number of methoxy groups -OCH3 is 1. The number of rotatable bonds is 4. The Labute approximate surface area is 99.4 Å². The van der Waals surface area contributed by atoms with Crippen molar-refractivity contribution >= 4 is 5.84 Å². The standard InChI is InChI=1S/C12H14N4O/c1-17-11-3-2-9(12(13)14)6-10(11)7-16-5-4-15-8-16/h2-6,8H,7H2,1H3,(H3,13,14). The third-order valence-corrected chi connectivity index (χ3v) is 2.50. The zero-order valence-corrected chi connectivity index (χ0v) is 9.55.